The van der Waals surface area contributed by atoms with Crippen LogP contribution >= 0.6 is 11.3 Å². The second-order valence-electron chi connectivity index (χ2n) is 5.54. The second-order valence-corrected chi connectivity index (χ2v) is 6.49. The number of benzene rings is 1. The Morgan fingerprint density at radius 3 is 2.95 bits per heavy atom. The van der Waals surface area contributed by atoms with Gasteiger partial charge in [-0.1, -0.05) is 12.1 Å². The topological polar surface area (TPSA) is 21.3 Å². The molecule has 0 spiro atoms. The second kappa shape index (κ2) is 6.69. The van der Waals surface area contributed by atoms with E-state index in [0.717, 1.165) is 36.2 Å². The first kappa shape index (κ1) is 14.7. The summed E-state index contributed by atoms with van der Waals surface area (Å²) in [5.41, 5.74) is 1.83. The highest BCUT2D eigenvalue weighted by atomic mass is 32.1. The fourth-order valence-corrected chi connectivity index (χ4v) is 3.65. The lowest BCUT2D eigenvalue weighted by Crippen LogP contribution is -2.26. The number of hydrogen-bond donors (Lipinski definition) is 1. The van der Waals surface area contributed by atoms with Gasteiger partial charge in [0.1, 0.15) is 5.82 Å². The Hall–Kier alpha value is -1.23. The maximum atomic E-state index is 13.9. The summed E-state index contributed by atoms with van der Waals surface area (Å²) in [6, 6.07) is 9.80. The molecule has 1 saturated carbocycles. The first-order valence-corrected chi connectivity index (χ1v) is 8.22. The Balaban J connectivity index is 1.65. The van der Waals surface area contributed by atoms with Gasteiger partial charge in [0.25, 0.3) is 0 Å². The summed E-state index contributed by atoms with van der Waals surface area (Å²) in [6.07, 6.45) is 3.72. The first-order valence-electron chi connectivity index (χ1n) is 7.34. The van der Waals surface area contributed by atoms with Crippen LogP contribution in [0.3, 0.4) is 0 Å². The van der Waals surface area contributed by atoms with E-state index in [9.17, 15) is 4.39 Å². The molecule has 3 rings (SSSR count). The van der Waals surface area contributed by atoms with E-state index in [2.05, 4.69) is 5.32 Å². The van der Waals surface area contributed by atoms with Crippen molar-refractivity contribution in [2.75, 3.05) is 7.11 Å². The van der Waals surface area contributed by atoms with Gasteiger partial charge in [-0.05, 0) is 48.4 Å². The largest absolute Gasteiger partial charge is 0.381 e. The monoisotopic (exact) mass is 305 g/mol. The van der Waals surface area contributed by atoms with E-state index in [4.69, 9.17) is 4.74 Å². The highest BCUT2D eigenvalue weighted by Gasteiger charge is 2.23. The molecule has 2 unspecified atom stereocenters. The quantitative estimate of drug-likeness (QED) is 0.893. The zero-order valence-corrected chi connectivity index (χ0v) is 13.0. The Morgan fingerprint density at radius 1 is 1.33 bits per heavy atom. The minimum atomic E-state index is -0.151. The van der Waals surface area contributed by atoms with Crippen molar-refractivity contribution in [3.8, 4) is 10.4 Å². The lowest BCUT2D eigenvalue weighted by Gasteiger charge is -2.13. The van der Waals surface area contributed by atoms with E-state index in [1.807, 2.05) is 29.6 Å². The molecule has 0 bridgehead atoms. The molecule has 0 amide bonds. The van der Waals surface area contributed by atoms with Crippen molar-refractivity contribution in [2.24, 2.45) is 0 Å². The number of hydrogen-bond acceptors (Lipinski definition) is 3. The lowest BCUT2D eigenvalue weighted by molar-refractivity contribution is 0.107. The number of thiophene rings is 1. The molecule has 21 heavy (non-hydrogen) atoms. The molecule has 0 aliphatic heterocycles. The maximum Gasteiger partial charge on any atom is 0.131 e. The van der Waals surface area contributed by atoms with Crippen LogP contribution in [0.4, 0.5) is 4.39 Å². The third-order valence-electron chi connectivity index (χ3n) is 4.13. The van der Waals surface area contributed by atoms with Crippen molar-refractivity contribution in [3.63, 3.8) is 0 Å². The van der Waals surface area contributed by atoms with Crippen molar-refractivity contribution in [1.29, 1.82) is 0 Å². The molecule has 4 heteroatoms. The third-order valence-corrected chi connectivity index (χ3v) is 5.03. The number of nitrogens with one attached hydrogen (secondary N) is 1. The normalized spacial score (nSPS) is 21.8. The predicted octanol–water partition coefficient (Wildman–Crippen LogP) is 4.21. The molecule has 112 valence electrons. The molecule has 1 aliphatic carbocycles. The van der Waals surface area contributed by atoms with E-state index in [0.29, 0.717) is 17.7 Å². The smallest absolute Gasteiger partial charge is 0.131 e. The van der Waals surface area contributed by atoms with Gasteiger partial charge in [0.05, 0.1) is 6.10 Å². The van der Waals surface area contributed by atoms with E-state index >= 15 is 0 Å². The fraction of sp³-hybridized carbons (Fsp3) is 0.412. The molecule has 1 N–H and O–H groups in total. The first-order chi connectivity index (χ1) is 10.3. The molecule has 1 aliphatic rings. The number of rotatable bonds is 5. The summed E-state index contributed by atoms with van der Waals surface area (Å²) >= 11 is 1.57. The van der Waals surface area contributed by atoms with Crippen molar-refractivity contribution in [3.05, 3.63) is 47.1 Å². The van der Waals surface area contributed by atoms with Gasteiger partial charge in [-0.3, -0.25) is 0 Å². The van der Waals surface area contributed by atoms with Gasteiger partial charge >= 0.3 is 0 Å². The lowest BCUT2D eigenvalue weighted by atomic mass is 10.1. The van der Waals surface area contributed by atoms with Crippen molar-refractivity contribution < 1.29 is 9.13 Å². The van der Waals surface area contributed by atoms with Crippen LogP contribution in [-0.2, 0) is 11.3 Å². The van der Waals surface area contributed by atoms with E-state index < -0.39 is 0 Å². The van der Waals surface area contributed by atoms with E-state index in [1.54, 1.807) is 24.5 Å². The zero-order chi connectivity index (χ0) is 14.7. The van der Waals surface area contributed by atoms with Crippen LogP contribution in [-0.4, -0.2) is 19.3 Å². The highest BCUT2D eigenvalue weighted by molar-refractivity contribution is 7.13. The third kappa shape index (κ3) is 3.51. The Morgan fingerprint density at radius 2 is 2.24 bits per heavy atom. The van der Waals surface area contributed by atoms with Crippen molar-refractivity contribution >= 4 is 11.3 Å². The molecule has 1 heterocycles. The molecule has 1 aromatic heterocycles. The average Bonchev–Trinajstić information content (AvgIpc) is 3.18. The SMILES string of the molecule is COC1CCC(NCc2ccc(F)c(-c3cccs3)c2)C1. The average molecular weight is 305 g/mol. The summed E-state index contributed by atoms with van der Waals surface area (Å²) in [5.74, 6) is -0.151. The van der Waals surface area contributed by atoms with Gasteiger partial charge in [-0.2, -0.15) is 0 Å². The molecule has 0 radical (unpaired) electrons. The van der Waals surface area contributed by atoms with Crippen LogP contribution in [0.2, 0.25) is 0 Å². The number of methoxy groups -OCH3 is 1. The maximum absolute atomic E-state index is 13.9. The summed E-state index contributed by atoms with van der Waals surface area (Å²) in [6.45, 7) is 0.778. The number of halogens is 1. The van der Waals surface area contributed by atoms with Gasteiger partial charge in [-0.25, -0.2) is 4.39 Å². The van der Waals surface area contributed by atoms with Crippen LogP contribution in [0, 0.1) is 5.82 Å². The summed E-state index contributed by atoms with van der Waals surface area (Å²) in [5, 5.41) is 5.53. The van der Waals surface area contributed by atoms with Crippen molar-refractivity contribution in [1.82, 2.24) is 5.32 Å². The van der Waals surface area contributed by atoms with E-state index in [1.165, 1.54) is 0 Å². The fourth-order valence-electron chi connectivity index (χ4n) is 2.90. The summed E-state index contributed by atoms with van der Waals surface area (Å²) in [4.78, 5) is 0.981. The molecule has 2 aromatic rings. The van der Waals surface area contributed by atoms with Gasteiger partial charge in [0.2, 0.25) is 0 Å². The molecule has 1 aromatic carbocycles. The molecule has 2 atom stereocenters. The standard InChI is InChI=1S/C17H20FNOS/c1-20-14-6-5-13(10-14)19-11-12-4-7-16(18)15(9-12)17-3-2-8-21-17/h2-4,7-9,13-14,19H,5-6,10-11H2,1H3. The number of ether oxygens (including phenoxy) is 1. The van der Waals surface area contributed by atoms with Crippen LogP contribution in [0.1, 0.15) is 24.8 Å². The molecular weight excluding hydrogens is 285 g/mol. The van der Waals surface area contributed by atoms with E-state index in [-0.39, 0.29) is 5.82 Å². The summed E-state index contributed by atoms with van der Waals surface area (Å²) in [7, 11) is 1.78. The minimum absolute atomic E-state index is 0.151. The van der Waals surface area contributed by atoms with Gasteiger partial charge in [0, 0.05) is 30.1 Å². The van der Waals surface area contributed by atoms with Gasteiger partial charge in [-0.15, -0.1) is 11.3 Å². The minimum Gasteiger partial charge on any atom is -0.381 e. The highest BCUT2D eigenvalue weighted by Crippen LogP contribution is 2.28. The van der Waals surface area contributed by atoms with Crippen LogP contribution in [0.25, 0.3) is 10.4 Å². The molecule has 0 saturated heterocycles. The van der Waals surface area contributed by atoms with Crippen LogP contribution in [0.15, 0.2) is 35.7 Å². The Kier molecular flexibility index (Phi) is 4.68. The predicted molar refractivity (Wildman–Crippen MR) is 85.0 cm³/mol. The van der Waals surface area contributed by atoms with Crippen LogP contribution < -0.4 is 5.32 Å². The van der Waals surface area contributed by atoms with Gasteiger partial charge in [0.15, 0.2) is 0 Å². The molecule has 1 fully saturated rings. The molecular formula is C17H20FNOS. The summed E-state index contributed by atoms with van der Waals surface area (Å²) < 4.78 is 19.3. The van der Waals surface area contributed by atoms with Crippen LogP contribution in [0.5, 0.6) is 0 Å². The zero-order valence-electron chi connectivity index (χ0n) is 12.1. The van der Waals surface area contributed by atoms with Gasteiger partial charge < -0.3 is 10.1 Å². The Bertz CT molecular complexity index is 584. The Labute approximate surface area is 129 Å². The molecule has 2 nitrogen and oxygen atoms in total. The van der Waals surface area contributed by atoms with Crippen molar-refractivity contribution in [2.45, 2.75) is 38.0 Å².